The lowest BCUT2D eigenvalue weighted by Gasteiger charge is -2.21. The molecule has 142 valence electrons. The Morgan fingerprint density at radius 3 is 2.41 bits per heavy atom. The first kappa shape index (κ1) is 19.2. The molecule has 27 heavy (non-hydrogen) atoms. The molecule has 1 fully saturated rings. The third-order valence-corrected chi connectivity index (χ3v) is 4.69. The van der Waals surface area contributed by atoms with Crippen LogP contribution in [0.25, 0.3) is 11.4 Å². The first-order valence-corrected chi connectivity index (χ1v) is 8.41. The van der Waals surface area contributed by atoms with E-state index in [9.17, 15) is 27.9 Å². The summed E-state index contributed by atoms with van der Waals surface area (Å²) < 4.78 is 41.8. The minimum absolute atomic E-state index is 0.0778. The van der Waals surface area contributed by atoms with E-state index in [1.807, 2.05) is 0 Å². The number of alkyl halides is 3. The Labute approximate surface area is 157 Å². The summed E-state index contributed by atoms with van der Waals surface area (Å²) in [7, 11) is 0. The monoisotopic (exact) mass is 398 g/mol. The van der Waals surface area contributed by atoms with E-state index < -0.39 is 45.3 Å². The lowest BCUT2D eigenvalue weighted by Crippen LogP contribution is -2.21. The molecule has 0 bridgehead atoms. The highest BCUT2D eigenvalue weighted by Gasteiger charge is 2.39. The Balaban J connectivity index is 2.34. The van der Waals surface area contributed by atoms with Crippen LogP contribution in [0.1, 0.15) is 36.0 Å². The zero-order valence-corrected chi connectivity index (χ0v) is 14.9. The Kier molecular flexibility index (Phi) is 4.86. The molecular weight excluding hydrogens is 385 g/mol. The number of aliphatic hydroxyl groups is 1. The highest BCUT2D eigenvalue weighted by molar-refractivity contribution is 6.35. The topological polar surface area (TPSA) is 72.2 Å². The molecular formula is C18H14ClF3N2O3. The minimum Gasteiger partial charge on any atom is -0.506 e. The molecule has 0 atom stereocenters. The summed E-state index contributed by atoms with van der Waals surface area (Å²) in [6.45, 7) is 1.21. The number of nitrogens with zero attached hydrogens (tertiary/aromatic N) is 2. The molecule has 1 aliphatic carbocycles. The van der Waals surface area contributed by atoms with Crippen molar-refractivity contribution >= 4 is 28.9 Å². The van der Waals surface area contributed by atoms with E-state index >= 15 is 0 Å². The van der Waals surface area contributed by atoms with Gasteiger partial charge in [0.1, 0.15) is 11.3 Å². The molecule has 3 rings (SSSR count). The van der Waals surface area contributed by atoms with Crippen LogP contribution in [-0.2, 0) is 15.8 Å². The number of aryl methyl sites for hydroxylation is 1. The first-order valence-electron chi connectivity index (χ1n) is 8.03. The number of carbonyl (C=O) groups excluding carboxylic acids is 2. The standard InChI is InChI=1S/C18H14ClF3N2O3/c1-9-8-10(17(27)13-11(25)4-2-5-12(13)26)15(19)16(14(9)18(20,21)22)24-7-3-6-23-24/h3,6-8,27H,2,4-5H2,1H3. The van der Waals surface area contributed by atoms with Gasteiger partial charge >= 0.3 is 6.18 Å². The molecule has 0 unspecified atom stereocenters. The zero-order chi connectivity index (χ0) is 19.9. The van der Waals surface area contributed by atoms with E-state index in [2.05, 4.69) is 5.10 Å². The maximum Gasteiger partial charge on any atom is 0.418 e. The van der Waals surface area contributed by atoms with Crippen molar-refractivity contribution in [2.75, 3.05) is 0 Å². The molecule has 1 aliphatic rings. The number of rotatable bonds is 2. The largest absolute Gasteiger partial charge is 0.506 e. The lowest BCUT2D eigenvalue weighted by atomic mass is 9.89. The van der Waals surface area contributed by atoms with Crippen molar-refractivity contribution in [1.82, 2.24) is 9.78 Å². The van der Waals surface area contributed by atoms with Gasteiger partial charge in [0, 0.05) is 30.8 Å². The van der Waals surface area contributed by atoms with Crippen LogP contribution in [0.15, 0.2) is 30.1 Å². The van der Waals surface area contributed by atoms with Gasteiger partial charge in [-0.15, -0.1) is 0 Å². The predicted octanol–water partition coefficient (Wildman–Crippen LogP) is 4.44. The van der Waals surface area contributed by atoms with E-state index in [-0.39, 0.29) is 24.0 Å². The number of halogens is 4. The van der Waals surface area contributed by atoms with Gasteiger partial charge in [-0.25, -0.2) is 4.68 Å². The Morgan fingerprint density at radius 2 is 1.89 bits per heavy atom. The molecule has 5 nitrogen and oxygen atoms in total. The number of Topliss-reactive ketones (excluding diaryl/α,β-unsaturated/α-hetero) is 2. The van der Waals surface area contributed by atoms with Gasteiger partial charge in [-0.1, -0.05) is 11.6 Å². The molecule has 0 spiro atoms. The quantitative estimate of drug-likeness (QED) is 0.461. The summed E-state index contributed by atoms with van der Waals surface area (Å²) in [5.41, 5.74) is -2.36. The van der Waals surface area contributed by atoms with Crippen molar-refractivity contribution in [2.24, 2.45) is 0 Å². The SMILES string of the molecule is Cc1cc(C(O)=C2C(=O)CCCC2=O)c(Cl)c(-n2cccn2)c1C(F)(F)F. The summed E-state index contributed by atoms with van der Waals surface area (Å²) in [6, 6.07) is 2.45. The van der Waals surface area contributed by atoms with Crippen molar-refractivity contribution < 1.29 is 27.9 Å². The number of aromatic nitrogens is 2. The number of aliphatic hydroxyl groups excluding tert-OH is 1. The van der Waals surface area contributed by atoms with Crippen molar-refractivity contribution in [3.05, 3.63) is 51.8 Å². The van der Waals surface area contributed by atoms with E-state index in [0.717, 1.165) is 10.7 Å². The number of hydrogen-bond donors (Lipinski definition) is 1. The molecule has 1 N–H and O–H groups in total. The zero-order valence-electron chi connectivity index (χ0n) is 14.1. The summed E-state index contributed by atoms with van der Waals surface area (Å²) in [5.74, 6) is -1.82. The van der Waals surface area contributed by atoms with Gasteiger partial charge in [0.25, 0.3) is 0 Å². The van der Waals surface area contributed by atoms with Crippen LogP contribution >= 0.6 is 11.6 Å². The number of allylic oxidation sites excluding steroid dienone is 1. The van der Waals surface area contributed by atoms with Crippen LogP contribution in [0.3, 0.4) is 0 Å². The van der Waals surface area contributed by atoms with Crippen molar-refractivity contribution in [3.8, 4) is 5.69 Å². The Bertz CT molecular complexity index is 945. The second-order valence-electron chi connectivity index (χ2n) is 6.15. The van der Waals surface area contributed by atoms with Gasteiger partial charge in [-0.3, -0.25) is 9.59 Å². The summed E-state index contributed by atoms with van der Waals surface area (Å²) >= 11 is 6.22. The van der Waals surface area contributed by atoms with Crippen molar-refractivity contribution in [3.63, 3.8) is 0 Å². The van der Waals surface area contributed by atoms with Gasteiger partial charge in [0.2, 0.25) is 0 Å². The van der Waals surface area contributed by atoms with Crippen LogP contribution in [0.5, 0.6) is 0 Å². The summed E-state index contributed by atoms with van der Waals surface area (Å²) in [4.78, 5) is 24.2. The molecule has 0 amide bonds. The minimum atomic E-state index is -4.73. The molecule has 1 aromatic heterocycles. The van der Waals surface area contributed by atoms with Crippen LogP contribution in [0.4, 0.5) is 13.2 Å². The highest BCUT2D eigenvalue weighted by atomic mass is 35.5. The fourth-order valence-electron chi connectivity index (χ4n) is 3.14. The van der Waals surface area contributed by atoms with E-state index in [0.29, 0.717) is 6.42 Å². The van der Waals surface area contributed by atoms with E-state index in [4.69, 9.17) is 11.6 Å². The molecule has 1 heterocycles. The highest BCUT2D eigenvalue weighted by Crippen LogP contribution is 2.43. The van der Waals surface area contributed by atoms with Gasteiger partial charge in [-0.05, 0) is 31.0 Å². The van der Waals surface area contributed by atoms with Crippen molar-refractivity contribution in [2.45, 2.75) is 32.4 Å². The van der Waals surface area contributed by atoms with Crippen LogP contribution < -0.4 is 0 Å². The van der Waals surface area contributed by atoms with Gasteiger partial charge < -0.3 is 5.11 Å². The maximum absolute atomic E-state index is 13.6. The molecule has 0 radical (unpaired) electrons. The first-order chi connectivity index (χ1) is 12.6. The molecule has 2 aromatic rings. The van der Waals surface area contributed by atoms with Crippen LogP contribution in [0, 0.1) is 6.92 Å². The van der Waals surface area contributed by atoms with Crippen LogP contribution in [-0.4, -0.2) is 26.5 Å². The molecule has 0 saturated heterocycles. The number of carbonyl (C=O) groups is 2. The number of benzene rings is 1. The summed E-state index contributed by atoms with van der Waals surface area (Å²) in [5, 5.41) is 13.9. The van der Waals surface area contributed by atoms with Gasteiger partial charge in [-0.2, -0.15) is 18.3 Å². The maximum atomic E-state index is 13.6. The predicted molar refractivity (Wildman–Crippen MR) is 91.7 cm³/mol. The lowest BCUT2D eigenvalue weighted by molar-refractivity contribution is -0.138. The average Bonchev–Trinajstić information content (AvgIpc) is 3.08. The average molecular weight is 399 g/mol. The molecule has 1 aromatic carbocycles. The smallest absolute Gasteiger partial charge is 0.418 e. The third kappa shape index (κ3) is 3.37. The van der Waals surface area contributed by atoms with Crippen LogP contribution in [0.2, 0.25) is 5.02 Å². The second kappa shape index (κ2) is 6.84. The van der Waals surface area contributed by atoms with E-state index in [1.165, 1.54) is 25.4 Å². The third-order valence-electron chi connectivity index (χ3n) is 4.31. The van der Waals surface area contributed by atoms with E-state index in [1.54, 1.807) is 0 Å². The number of ketones is 2. The Hall–Kier alpha value is -2.61. The molecule has 0 aliphatic heterocycles. The molecule has 9 heteroatoms. The van der Waals surface area contributed by atoms with Gasteiger partial charge in [0.05, 0.1) is 16.3 Å². The van der Waals surface area contributed by atoms with Gasteiger partial charge in [0.15, 0.2) is 11.6 Å². The number of hydrogen-bond acceptors (Lipinski definition) is 4. The molecule has 1 saturated carbocycles. The second-order valence-corrected chi connectivity index (χ2v) is 6.53. The fourth-order valence-corrected chi connectivity index (χ4v) is 3.46. The Morgan fingerprint density at radius 1 is 1.26 bits per heavy atom. The van der Waals surface area contributed by atoms with Crippen molar-refractivity contribution in [1.29, 1.82) is 0 Å². The summed E-state index contributed by atoms with van der Waals surface area (Å²) in [6.07, 6.45) is -1.64. The normalized spacial score (nSPS) is 15.4. The fraction of sp³-hybridized carbons (Fsp3) is 0.278.